The highest BCUT2D eigenvalue weighted by Gasteiger charge is 2.63. The predicted molar refractivity (Wildman–Crippen MR) is 102 cm³/mol. The molecule has 2 aliphatic rings. The quantitative estimate of drug-likeness (QED) is 0.622. The number of hydrogen-bond acceptors (Lipinski definition) is 6. The standard InChI is InChI=1S/C21H31NO6/c1-20(2)27-15-21(25)18(28-20)17(26-14-16-10-6-5-7-11-16)19(24)22(21)12-8-3-4-9-13-23/h5-7,10-11,17-18,23,25H,3-4,8-9,12-15H2,1-2H3/t17-,18-,21+/m0/s1. The minimum absolute atomic E-state index is 0.0156. The van der Waals surface area contributed by atoms with Crippen LogP contribution in [0.1, 0.15) is 45.1 Å². The molecule has 2 aliphatic heterocycles. The van der Waals surface area contributed by atoms with E-state index >= 15 is 0 Å². The minimum Gasteiger partial charge on any atom is -0.396 e. The van der Waals surface area contributed by atoms with Crippen LogP contribution in [0.3, 0.4) is 0 Å². The molecule has 2 saturated heterocycles. The van der Waals surface area contributed by atoms with Crippen LogP contribution >= 0.6 is 0 Å². The lowest BCUT2D eigenvalue weighted by Crippen LogP contribution is -2.63. The van der Waals surface area contributed by atoms with Crippen LogP contribution in [0.5, 0.6) is 0 Å². The highest BCUT2D eigenvalue weighted by molar-refractivity contribution is 5.85. The van der Waals surface area contributed by atoms with Crippen molar-refractivity contribution in [2.75, 3.05) is 19.8 Å². The first-order valence-corrected chi connectivity index (χ1v) is 9.99. The number of likely N-dealkylation sites (tertiary alicyclic amines) is 1. The van der Waals surface area contributed by atoms with Crippen molar-refractivity contribution in [1.29, 1.82) is 0 Å². The third kappa shape index (κ3) is 4.55. The molecule has 0 saturated carbocycles. The van der Waals surface area contributed by atoms with E-state index in [1.165, 1.54) is 4.90 Å². The van der Waals surface area contributed by atoms with Gasteiger partial charge in [0.1, 0.15) is 12.7 Å². The average Bonchev–Trinajstić information content (AvgIpc) is 2.87. The second kappa shape index (κ2) is 8.88. The Bertz CT molecular complexity index is 652. The molecular weight excluding hydrogens is 362 g/mol. The molecule has 1 aromatic rings. The number of carbonyl (C=O) groups excluding carboxylic acids is 1. The summed E-state index contributed by atoms with van der Waals surface area (Å²) in [5.41, 5.74) is -0.585. The van der Waals surface area contributed by atoms with E-state index in [-0.39, 0.29) is 25.7 Å². The van der Waals surface area contributed by atoms with E-state index in [4.69, 9.17) is 19.3 Å². The van der Waals surface area contributed by atoms with Gasteiger partial charge in [-0.3, -0.25) is 4.79 Å². The summed E-state index contributed by atoms with van der Waals surface area (Å²) in [6.45, 7) is 4.35. The first-order chi connectivity index (χ1) is 13.4. The summed E-state index contributed by atoms with van der Waals surface area (Å²) in [4.78, 5) is 14.5. The lowest BCUT2D eigenvalue weighted by Gasteiger charge is -2.45. The van der Waals surface area contributed by atoms with Crippen molar-refractivity contribution in [2.45, 2.75) is 69.9 Å². The monoisotopic (exact) mass is 393 g/mol. The summed E-state index contributed by atoms with van der Waals surface area (Å²) in [6, 6.07) is 9.61. The van der Waals surface area contributed by atoms with Gasteiger partial charge >= 0.3 is 0 Å². The first kappa shape index (κ1) is 21.2. The molecule has 0 spiro atoms. The zero-order valence-corrected chi connectivity index (χ0v) is 16.7. The summed E-state index contributed by atoms with van der Waals surface area (Å²) >= 11 is 0. The molecule has 1 amide bonds. The van der Waals surface area contributed by atoms with E-state index in [1.807, 2.05) is 30.3 Å². The molecule has 3 rings (SSSR count). The maximum Gasteiger partial charge on any atom is 0.257 e. The summed E-state index contributed by atoms with van der Waals surface area (Å²) in [6.07, 6.45) is 1.53. The minimum atomic E-state index is -1.54. The number of ether oxygens (including phenoxy) is 3. The van der Waals surface area contributed by atoms with Gasteiger partial charge in [-0.05, 0) is 32.3 Å². The Balaban J connectivity index is 1.71. The van der Waals surface area contributed by atoms with E-state index in [0.29, 0.717) is 6.54 Å². The molecule has 28 heavy (non-hydrogen) atoms. The molecule has 0 unspecified atom stereocenters. The van der Waals surface area contributed by atoms with Crippen LogP contribution in [0, 0.1) is 0 Å². The van der Waals surface area contributed by atoms with Gasteiger partial charge in [0.05, 0.1) is 6.61 Å². The molecule has 1 aromatic carbocycles. The van der Waals surface area contributed by atoms with Crippen molar-refractivity contribution in [3.63, 3.8) is 0 Å². The Morgan fingerprint density at radius 1 is 1.18 bits per heavy atom. The number of hydrogen-bond donors (Lipinski definition) is 2. The number of carbonyl (C=O) groups is 1. The predicted octanol–water partition coefficient (Wildman–Crippen LogP) is 1.81. The summed E-state index contributed by atoms with van der Waals surface area (Å²) in [7, 11) is 0. The van der Waals surface area contributed by atoms with Gasteiger partial charge in [0, 0.05) is 13.2 Å². The van der Waals surface area contributed by atoms with Gasteiger partial charge in [-0.15, -0.1) is 0 Å². The molecule has 2 heterocycles. The fourth-order valence-corrected chi connectivity index (χ4v) is 3.76. The number of rotatable bonds is 9. The molecule has 156 valence electrons. The third-order valence-electron chi connectivity index (χ3n) is 5.31. The molecule has 0 bridgehead atoms. The Morgan fingerprint density at radius 2 is 1.89 bits per heavy atom. The largest absolute Gasteiger partial charge is 0.396 e. The van der Waals surface area contributed by atoms with Crippen LogP contribution in [0.25, 0.3) is 0 Å². The fraction of sp³-hybridized carbons (Fsp3) is 0.667. The maximum atomic E-state index is 13.1. The van der Waals surface area contributed by atoms with Crippen LogP contribution < -0.4 is 0 Å². The van der Waals surface area contributed by atoms with Crippen molar-refractivity contribution >= 4 is 5.91 Å². The van der Waals surface area contributed by atoms with Crippen molar-refractivity contribution in [1.82, 2.24) is 4.90 Å². The van der Waals surface area contributed by atoms with Crippen LogP contribution in [-0.2, 0) is 25.6 Å². The number of nitrogens with zero attached hydrogens (tertiary/aromatic N) is 1. The Morgan fingerprint density at radius 3 is 2.61 bits per heavy atom. The third-order valence-corrected chi connectivity index (χ3v) is 5.31. The Labute approximate surface area is 166 Å². The van der Waals surface area contributed by atoms with Gasteiger partial charge in [0.25, 0.3) is 5.91 Å². The number of unbranched alkanes of at least 4 members (excludes halogenated alkanes) is 3. The highest BCUT2D eigenvalue weighted by atomic mass is 16.7. The number of fused-ring (bicyclic) bond motifs is 1. The molecular formula is C21H31NO6. The van der Waals surface area contributed by atoms with Gasteiger partial charge in [0.2, 0.25) is 0 Å². The van der Waals surface area contributed by atoms with E-state index in [1.54, 1.807) is 13.8 Å². The molecule has 7 nitrogen and oxygen atoms in total. The normalized spacial score (nSPS) is 29.1. The molecule has 0 radical (unpaired) electrons. The number of amides is 1. The summed E-state index contributed by atoms with van der Waals surface area (Å²) in [5, 5.41) is 20.2. The smallest absolute Gasteiger partial charge is 0.257 e. The number of aliphatic hydroxyl groups is 2. The Kier molecular flexibility index (Phi) is 6.73. The lowest BCUT2D eigenvalue weighted by atomic mass is 10.0. The number of benzene rings is 1. The highest BCUT2D eigenvalue weighted by Crippen LogP contribution is 2.40. The van der Waals surface area contributed by atoms with Crippen LogP contribution in [0.2, 0.25) is 0 Å². The average molecular weight is 393 g/mol. The summed E-state index contributed by atoms with van der Waals surface area (Å²) in [5.74, 6) is -1.17. The van der Waals surface area contributed by atoms with E-state index in [9.17, 15) is 9.90 Å². The van der Waals surface area contributed by atoms with E-state index < -0.39 is 23.7 Å². The van der Waals surface area contributed by atoms with Gasteiger partial charge in [-0.1, -0.05) is 43.2 Å². The number of aliphatic hydroxyl groups excluding tert-OH is 1. The molecule has 0 aromatic heterocycles. The van der Waals surface area contributed by atoms with Gasteiger partial charge in [-0.25, -0.2) is 0 Å². The van der Waals surface area contributed by atoms with Gasteiger partial charge in [-0.2, -0.15) is 0 Å². The zero-order chi connectivity index (χ0) is 20.2. The van der Waals surface area contributed by atoms with Gasteiger partial charge < -0.3 is 29.3 Å². The van der Waals surface area contributed by atoms with E-state index in [0.717, 1.165) is 31.2 Å². The van der Waals surface area contributed by atoms with E-state index in [2.05, 4.69) is 0 Å². The van der Waals surface area contributed by atoms with Gasteiger partial charge in [0.15, 0.2) is 17.6 Å². The molecule has 7 heteroatoms. The second-order valence-electron chi connectivity index (χ2n) is 7.95. The SMILES string of the molecule is CC1(C)OC[C@@]2(O)[C@@H](O1)[C@H](OCc1ccccc1)C(=O)N2CCCCCCO. The molecule has 2 fully saturated rings. The topological polar surface area (TPSA) is 88.5 Å². The second-order valence-corrected chi connectivity index (χ2v) is 7.95. The lowest BCUT2D eigenvalue weighted by molar-refractivity contribution is -0.356. The zero-order valence-electron chi connectivity index (χ0n) is 16.7. The molecule has 2 N–H and O–H groups in total. The van der Waals surface area contributed by atoms with Crippen LogP contribution in [0.4, 0.5) is 0 Å². The van der Waals surface area contributed by atoms with Crippen LogP contribution in [-0.4, -0.2) is 64.5 Å². The van der Waals surface area contributed by atoms with Crippen LogP contribution in [0.15, 0.2) is 30.3 Å². The Hall–Kier alpha value is -1.51. The maximum absolute atomic E-state index is 13.1. The molecule has 3 atom stereocenters. The van der Waals surface area contributed by atoms with Crippen molar-refractivity contribution in [3.05, 3.63) is 35.9 Å². The summed E-state index contributed by atoms with van der Waals surface area (Å²) < 4.78 is 17.6. The van der Waals surface area contributed by atoms with Crippen molar-refractivity contribution < 1.29 is 29.2 Å². The molecule has 0 aliphatic carbocycles. The van der Waals surface area contributed by atoms with Crippen molar-refractivity contribution in [2.24, 2.45) is 0 Å². The fourth-order valence-electron chi connectivity index (χ4n) is 3.76. The first-order valence-electron chi connectivity index (χ1n) is 9.99. The van der Waals surface area contributed by atoms with Crippen molar-refractivity contribution in [3.8, 4) is 0 Å².